The molecule has 0 unspecified atom stereocenters. The van der Waals surface area contributed by atoms with Crippen LogP contribution >= 0.6 is 34.8 Å². The number of nitrogen functional groups attached to an aromatic ring is 1. The molecule has 0 saturated carbocycles. The number of nitrogens with zero attached hydrogens (tertiary/aromatic N) is 3. The maximum Gasteiger partial charge on any atom is 0.291 e. The molecule has 0 spiro atoms. The standard InChI is InChI=1S/C19H18Cl3N5O/c1-19(2)10-6-4-5-7-11(10)27(3)12(19)8-9-24-26-18(28)16-13(20)15(23)14(21)17(22)25-16/h4-9H,1-3H3,(H2,23,25)(H,26,28)/b12-8-,24-9-. The third kappa shape index (κ3) is 3.43. The van der Waals surface area contributed by atoms with Crippen molar-refractivity contribution in [1.82, 2.24) is 10.4 Å². The summed E-state index contributed by atoms with van der Waals surface area (Å²) in [5.74, 6) is -0.646. The molecule has 0 saturated heterocycles. The van der Waals surface area contributed by atoms with Gasteiger partial charge in [0.2, 0.25) is 0 Å². The smallest absolute Gasteiger partial charge is 0.291 e. The highest BCUT2D eigenvalue weighted by Crippen LogP contribution is 2.46. The lowest BCUT2D eigenvalue weighted by molar-refractivity contribution is 0.0950. The second-order valence-corrected chi connectivity index (χ2v) is 7.88. The second-order valence-electron chi connectivity index (χ2n) is 6.77. The highest BCUT2D eigenvalue weighted by Gasteiger charge is 2.37. The number of rotatable bonds is 3. The maximum atomic E-state index is 12.3. The van der Waals surface area contributed by atoms with Gasteiger partial charge in [-0.2, -0.15) is 5.10 Å². The van der Waals surface area contributed by atoms with Crippen LogP contribution < -0.4 is 16.1 Å². The number of anilines is 2. The van der Waals surface area contributed by atoms with E-state index in [9.17, 15) is 4.79 Å². The first-order valence-corrected chi connectivity index (χ1v) is 9.47. The van der Waals surface area contributed by atoms with Crippen LogP contribution in [0.2, 0.25) is 15.2 Å². The van der Waals surface area contributed by atoms with Crippen molar-refractivity contribution < 1.29 is 4.79 Å². The molecule has 1 aromatic carbocycles. The summed E-state index contributed by atoms with van der Waals surface area (Å²) in [5, 5.41) is 3.77. The molecule has 1 amide bonds. The number of hydrogen-bond acceptors (Lipinski definition) is 5. The predicted octanol–water partition coefficient (Wildman–Crippen LogP) is 4.65. The molecule has 6 nitrogen and oxygen atoms in total. The minimum atomic E-state index is -0.646. The number of amides is 1. The van der Waals surface area contributed by atoms with E-state index in [0.717, 1.165) is 11.4 Å². The van der Waals surface area contributed by atoms with Gasteiger partial charge in [0.15, 0.2) is 10.8 Å². The van der Waals surface area contributed by atoms with Crippen molar-refractivity contribution in [3.05, 3.63) is 62.5 Å². The fourth-order valence-electron chi connectivity index (χ4n) is 3.24. The zero-order valence-corrected chi connectivity index (χ0v) is 17.7. The average molecular weight is 439 g/mol. The van der Waals surface area contributed by atoms with Crippen LogP contribution in [-0.4, -0.2) is 24.2 Å². The first kappa shape index (κ1) is 20.5. The molecule has 3 N–H and O–H groups in total. The number of hydrogen-bond donors (Lipinski definition) is 2. The van der Waals surface area contributed by atoms with Gasteiger partial charge in [0.25, 0.3) is 5.91 Å². The van der Waals surface area contributed by atoms with E-state index in [2.05, 4.69) is 46.4 Å². The number of para-hydroxylation sites is 1. The van der Waals surface area contributed by atoms with Crippen LogP contribution in [0.5, 0.6) is 0 Å². The summed E-state index contributed by atoms with van der Waals surface area (Å²) in [6, 6.07) is 8.20. The van der Waals surface area contributed by atoms with Crippen molar-refractivity contribution in [2.75, 3.05) is 17.7 Å². The van der Waals surface area contributed by atoms with E-state index in [1.165, 1.54) is 11.8 Å². The third-order valence-electron chi connectivity index (χ3n) is 4.70. The Hall–Kier alpha value is -2.28. The number of nitrogens with one attached hydrogen (secondary N) is 1. The number of pyridine rings is 1. The number of hydrazone groups is 1. The van der Waals surface area contributed by atoms with E-state index in [0.29, 0.717) is 0 Å². The van der Waals surface area contributed by atoms with Gasteiger partial charge in [0.05, 0.1) is 10.7 Å². The fraction of sp³-hybridized carbons (Fsp3) is 0.211. The molecule has 0 radical (unpaired) electrons. The van der Waals surface area contributed by atoms with Crippen molar-refractivity contribution in [3.63, 3.8) is 0 Å². The quantitative estimate of drug-likeness (QED) is 0.415. The van der Waals surface area contributed by atoms with Crippen LogP contribution in [0.1, 0.15) is 29.9 Å². The minimum absolute atomic E-state index is 0.00233. The zero-order valence-electron chi connectivity index (χ0n) is 15.4. The minimum Gasteiger partial charge on any atom is -0.396 e. The number of benzene rings is 1. The van der Waals surface area contributed by atoms with Gasteiger partial charge in [-0.25, -0.2) is 10.4 Å². The number of allylic oxidation sites excluding steroid dienone is 2. The monoisotopic (exact) mass is 437 g/mol. The van der Waals surface area contributed by atoms with Crippen LogP contribution in [0.15, 0.2) is 41.1 Å². The molecular weight excluding hydrogens is 421 g/mol. The summed E-state index contributed by atoms with van der Waals surface area (Å²) < 4.78 is 0. The van der Waals surface area contributed by atoms with Gasteiger partial charge >= 0.3 is 0 Å². The lowest BCUT2D eigenvalue weighted by Gasteiger charge is -2.23. The zero-order chi connectivity index (χ0) is 20.6. The summed E-state index contributed by atoms with van der Waals surface area (Å²) in [6.45, 7) is 4.27. The van der Waals surface area contributed by atoms with Crippen molar-refractivity contribution >= 4 is 58.3 Å². The van der Waals surface area contributed by atoms with Crippen LogP contribution in [0.4, 0.5) is 11.4 Å². The molecule has 9 heteroatoms. The van der Waals surface area contributed by atoms with E-state index in [1.54, 1.807) is 0 Å². The highest BCUT2D eigenvalue weighted by molar-refractivity contribution is 6.46. The van der Waals surface area contributed by atoms with Crippen molar-refractivity contribution in [2.45, 2.75) is 19.3 Å². The summed E-state index contributed by atoms with van der Waals surface area (Å²) in [4.78, 5) is 18.2. The molecule has 2 heterocycles. The topological polar surface area (TPSA) is 83.6 Å². The number of halogens is 3. The summed E-state index contributed by atoms with van der Waals surface area (Å²) in [6.07, 6.45) is 3.35. The number of carbonyl (C=O) groups is 1. The van der Waals surface area contributed by atoms with Crippen LogP contribution in [0.3, 0.4) is 0 Å². The summed E-state index contributed by atoms with van der Waals surface area (Å²) >= 11 is 17.7. The Balaban J connectivity index is 1.79. The maximum absolute atomic E-state index is 12.3. The second kappa shape index (κ2) is 7.62. The molecule has 1 aliphatic heterocycles. The normalized spacial score (nSPS) is 16.6. The highest BCUT2D eigenvalue weighted by atomic mass is 35.5. The average Bonchev–Trinajstić information content (AvgIpc) is 2.86. The van der Waals surface area contributed by atoms with E-state index < -0.39 is 5.91 Å². The molecule has 146 valence electrons. The van der Waals surface area contributed by atoms with Gasteiger partial charge < -0.3 is 10.6 Å². The number of carbonyl (C=O) groups excluding carboxylic acids is 1. The molecule has 3 rings (SSSR count). The summed E-state index contributed by atoms with van der Waals surface area (Å²) in [7, 11) is 1.99. The molecular formula is C19H18Cl3N5O. The Morgan fingerprint density at radius 2 is 1.93 bits per heavy atom. The lowest BCUT2D eigenvalue weighted by atomic mass is 9.84. The molecule has 0 aliphatic carbocycles. The van der Waals surface area contributed by atoms with Gasteiger partial charge in [0.1, 0.15) is 5.02 Å². The number of aromatic nitrogens is 1. The molecule has 2 aromatic rings. The first-order chi connectivity index (χ1) is 13.2. The predicted molar refractivity (Wildman–Crippen MR) is 116 cm³/mol. The molecule has 0 atom stereocenters. The lowest BCUT2D eigenvalue weighted by Crippen LogP contribution is -2.23. The Kier molecular flexibility index (Phi) is 5.57. The molecule has 0 fully saturated rings. The van der Waals surface area contributed by atoms with Gasteiger partial charge in [-0.1, -0.05) is 66.8 Å². The Morgan fingerprint density at radius 1 is 1.25 bits per heavy atom. The van der Waals surface area contributed by atoms with E-state index in [4.69, 9.17) is 40.5 Å². The number of likely N-dealkylation sites (N-methyl/N-ethyl adjacent to an activating group) is 1. The molecule has 1 aromatic heterocycles. The Bertz CT molecular complexity index is 1020. The van der Waals surface area contributed by atoms with Gasteiger partial charge in [-0.15, -0.1) is 0 Å². The van der Waals surface area contributed by atoms with E-state index in [-0.39, 0.29) is 32.0 Å². The van der Waals surface area contributed by atoms with Crippen LogP contribution in [0, 0.1) is 0 Å². The van der Waals surface area contributed by atoms with Crippen LogP contribution in [0.25, 0.3) is 0 Å². The van der Waals surface area contributed by atoms with Gasteiger partial charge in [-0.05, 0) is 17.7 Å². The van der Waals surface area contributed by atoms with Crippen molar-refractivity contribution in [3.8, 4) is 0 Å². The fourth-order valence-corrected chi connectivity index (χ4v) is 3.83. The Labute approximate surface area is 178 Å². The van der Waals surface area contributed by atoms with Crippen LogP contribution in [-0.2, 0) is 5.41 Å². The van der Waals surface area contributed by atoms with E-state index >= 15 is 0 Å². The summed E-state index contributed by atoms with van der Waals surface area (Å²) in [5.41, 5.74) is 11.1. The number of nitrogens with two attached hydrogens (primary N) is 1. The number of fused-ring (bicyclic) bond motifs is 1. The third-order valence-corrected chi connectivity index (χ3v) is 5.84. The molecule has 1 aliphatic rings. The first-order valence-electron chi connectivity index (χ1n) is 8.33. The molecule has 0 bridgehead atoms. The van der Waals surface area contributed by atoms with Crippen molar-refractivity contribution in [1.29, 1.82) is 0 Å². The SMILES string of the molecule is CN1/C(=C\C=N/NC(=O)c2nc(Cl)c(Cl)c(N)c2Cl)C(C)(C)c2ccccc21. The van der Waals surface area contributed by atoms with Gasteiger partial charge in [-0.3, -0.25) is 4.79 Å². The Morgan fingerprint density at radius 3 is 2.61 bits per heavy atom. The van der Waals surface area contributed by atoms with Gasteiger partial charge in [0, 0.05) is 30.1 Å². The largest absolute Gasteiger partial charge is 0.396 e. The van der Waals surface area contributed by atoms with E-state index in [1.807, 2.05) is 25.3 Å². The molecule has 28 heavy (non-hydrogen) atoms. The van der Waals surface area contributed by atoms with Crippen molar-refractivity contribution in [2.24, 2.45) is 5.10 Å².